The van der Waals surface area contributed by atoms with Crippen LogP contribution in [0, 0.1) is 5.92 Å². The number of pyridine rings is 1. The summed E-state index contributed by atoms with van der Waals surface area (Å²) in [6.07, 6.45) is 2.20. The Hall–Kier alpha value is -1.10. The van der Waals surface area contributed by atoms with Gasteiger partial charge in [0.05, 0.1) is 11.1 Å². The summed E-state index contributed by atoms with van der Waals surface area (Å²) < 4.78 is 6.92. The van der Waals surface area contributed by atoms with Gasteiger partial charge >= 0.3 is 5.97 Å². The van der Waals surface area contributed by atoms with Crippen molar-refractivity contribution in [3.63, 3.8) is 0 Å². The average molecular weight is 316 g/mol. The zero-order valence-electron chi connectivity index (χ0n) is 10.9. The second-order valence-corrected chi connectivity index (χ2v) is 5.32. The maximum absolute atomic E-state index is 12.0. The molecule has 0 aliphatic heterocycles. The molecular formula is C13H18BrNO3. The van der Waals surface area contributed by atoms with Gasteiger partial charge in [-0.3, -0.25) is 4.79 Å². The minimum atomic E-state index is -0.560. The minimum absolute atomic E-state index is 0.212. The number of aromatic nitrogens is 1. The van der Waals surface area contributed by atoms with E-state index in [0.717, 1.165) is 0 Å². The molecule has 1 aromatic heterocycles. The van der Waals surface area contributed by atoms with Crippen LogP contribution < -0.4 is 5.56 Å². The van der Waals surface area contributed by atoms with Crippen LogP contribution >= 0.6 is 15.9 Å². The first-order valence-corrected chi connectivity index (χ1v) is 6.80. The van der Waals surface area contributed by atoms with E-state index in [1.165, 1.54) is 4.57 Å². The third-order valence-electron chi connectivity index (χ3n) is 2.52. The minimum Gasteiger partial charge on any atom is -0.464 e. The van der Waals surface area contributed by atoms with Gasteiger partial charge in [0.15, 0.2) is 0 Å². The zero-order valence-corrected chi connectivity index (χ0v) is 12.4. The molecule has 1 heterocycles. The van der Waals surface area contributed by atoms with Gasteiger partial charge < -0.3 is 9.30 Å². The molecule has 18 heavy (non-hydrogen) atoms. The molecule has 4 nitrogen and oxygen atoms in total. The van der Waals surface area contributed by atoms with Crippen LogP contribution in [0.5, 0.6) is 0 Å². The van der Waals surface area contributed by atoms with E-state index in [2.05, 4.69) is 15.9 Å². The summed E-state index contributed by atoms with van der Waals surface area (Å²) in [6, 6.07) is 2.84. The number of hydrogen-bond acceptors (Lipinski definition) is 3. The zero-order chi connectivity index (χ0) is 13.7. The molecule has 0 amide bonds. The van der Waals surface area contributed by atoms with E-state index in [-0.39, 0.29) is 11.5 Å². The first-order valence-electron chi connectivity index (χ1n) is 6.00. The average Bonchev–Trinajstić information content (AvgIpc) is 2.30. The van der Waals surface area contributed by atoms with Crippen molar-refractivity contribution < 1.29 is 9.53 Å². The lowest BCUT2D eigenvalue weighted by atomic mass is 10.0. The van der Waals surface area contributed by atoms with Crippen molar-refractivity contribution in [3.05, 3.63) is 33.2 Å². The highest BCUT2D eigenvalue weighted by Gasteiger charge is 2.24. The number of ether oxygens (including phenoxy) is 1. The van der Waals surface area contributed by atoms with Crippen LogP contribution in [0.4, 0.5) is 0 Å². The summed E-state index contributed by atoms with van der Waals surface area (Å²) in [4.78, 5) is 24.0. The lowest BCUT2D eigenvalue weighted by molar-refractivity contribution is -0.147. The maximum Gasteiger partial charge on any atom is 0.329 e. The third-order valence-corrected chi connectivity index (χ3v) is 3.12. The Morgan fingerprint density at radius 1 is 1.50 bits per heavy atom. The molecule has 0 saturated carbocycles. The van der Waals surface area contributed by atoms with Crippen molar-refractivity contribution in [3.8, 4) is 0 Å². The molecule has 1 rings (SSSR count). The van der Waals surface area contributed by atoms with Gasteiger partial charge in [0.25, 0.3) is 5.56 Å². The predicted octanol–water partition coefficient (Wildman–Crippen LogP) is 2.76. The maximum atomic E-state index is 12.0. The number of carbonyl (C=O) groups is 1. The fourth-order valence-corrected chi connectivity index (χ4v) is 2.09. The van der Waals surface area contributed by atoms with E-state index in [1.807, 2.05) is 13.8 Å². The van der Waals surface area contributed by atoms with Crippen LogP contribution in [0.25, 0.3) is 0 Å². The van der Waals surface area contributed by atoms with Gasteiger partial charge in [0.1, 0.15) is 6.04 Å². The van der Waals surface area contributed by atoms with E-state index in [1.54, 1.807) is 25.3 Å². The number of hydrogen-bond donors (Lipinski definition) is 0. The Bertz CT molecular complexity index is 468. The topological polar surface area (TPSA) is 48.3 Å². The molecule has 0 radical (unpaired) electrons. The molecule has 0 aliphatic carbocycles. The molecule has 0 saturated heterocycles. The molecule has 1 unspecified atom stereocenters. The van der Waals surface area contributed by atoms with Gasteiger partial charge in [-0.2, -0.15) is 0 Å². The molecule has 0 N–H and O–H groups in total. The Kier molecular flexibility index (Phi) is 5.59. The van der Waals surface area contributed by atoms with E-state index < -0.39 is 6.04 Å². The molecule has 100 valence electrons. The van der Waals surface area contributed by atoms with Crippen molar-refractivity contribution in [2.45, 2.75) is 33.2 Å². The standard InChI is InChI=1S/C13H18BrNO3/c1-4-18-13(17)11(8-9(2)3)15-7-5-6-10(14)12(15)16/h5-7,9,11H,4,8H2,1-3H3. The van der Waals surface area contributed by atoms with E-state index in [9.17, 15) is 9.59 Å². The van der Waals surface area contributed by atoms with Crippen molar-refractivity contribution >= 4 is 21.9 Å². The first kappa shape index (κ1) is 15.0. The van der Waals surface area contributed by atoms with Crippen molar-refractivity contribution in [2.24, 2.45) is 5.92 Å². The number of halogens is 1. The molecular weight excluding hydrogens is 298 g/mol. The summed E-state index contributed by atoms with van der Waals surface area (Å²) >= 11 is 3.18. The van der Waals surface area contributed by atoms with E-state index in [0.29, 0.717) is 23.4 Å². The molecule has 0 fully saturated rings. The SMILES string of the molecule is CCOC(=O)C(CC(C)C)n1cccc(Br)c1=O. The third kappa shape index (κ3) is 3.70. The van der Waals surface area contributed by atoms with Gasteiger partial charge in [0, 0.05) is 6.20 Å². The summed E-state index contributed by atoms with van der Waals surface area (Å²) in [7, 11) is 0. The van der Waals surface area contributed by atoms with Crippen LogP contribution in [0.2, 0.25) is 0 Å². The largest absolute Gasteiger partial charge is 0.464 e. The highest BCUT2D eigenvalue weighted by atomic mass is 79.9. The number of rotatable bonds is 5. The predicted molar refractivity (Wildman–Crippen MR) is 73.5 cm³/mol. The van der Waals surface area contributed by atoms with Gasteiger partial charge in [-0.15, -0.1) is 0 Å². The second kappa shape index (κ2) is 6.73. The fourth-order valence-electron chi connectivity index (χ4n) is 1.74. The van der Waals surface area contributed by atoms with Gasteiger partial charge in [-0.25, -0.2) is 4.79 Å². The lowest BCUT2D eigenvalue weighted by Gasteiger charge is -2.20. The first-order chi connectivity index (χ1) is 8.47. The Balaban J connectivity index is 3.13. The smallest absolute Gasteiger partial charge is 0.329 e. The number of carbonyl (C=O) groups excluding carboxylic acids is 1. The van der Waals surface area contributed by atoms with Crippen LogP contribution in [0.3, 0.4) is 0 Å². The summed E-state index contributed by atoms with van der Waals surface area (Å²) in [5.74, 6) is -0.0586. The van der Waals surface area contributed by atoms with E-state index >= 15 is 0 Å². The molecule has 0 bridgehead atoms. The van der Waals surface area contributed by atoms with Crippen molar-refractivity contribution in [2.75, 3.05) is 6.61 Å². The Morgan fingerprint density at radius 2 is 2.17 bits per heavy atom. The molecule has 0 aromatic carbocycles. The monoisotopic (exact) mass is 315 g/mol. The Labute approximate surface area is 115 Å². The number of nitrogens with zero attached hydrogens (tertiary/aromatic N) is 1. The summed E-state index contributed by atoms with van der Waals surface area (Å²) in [5, 5.41) is 0. The lowest BCUT2D eigenvalue weighted by Crippen LogP contribution is -2.32. The van der Waals surface area contributed by atoms with Crippen LogP contribution in [0.15, 0.2) is 27.6 Å². The molecule has 5 heteroatoms. The van der Waals surface area contributed by atoms with E-state index in [4.69, 9.17) is 4.74 Å². The van der Waals surface area contributed by atoms with Crippen molar-refractivity contribution in [1.29, 1.82) is 0 Å². The van der Waals surface area contributed by atoms with Crippen LogP contribution in [0.1, 0.15) is 33.2 Å². The van der Waals surface area contributed by atoms with Crippen LogP contribution in [-0.4, -0.2) is 17.1 Å². The molecule has 1 aromatic rings. The highest BCUT2D eigenvalue weighted by molar-refractivity contribution is 9.10. The second-order valence-electron chi connectivity index (χ2n) is 4.47. The fraction of sp³-hybridized carbons (Fsp3) is 0.538. The van der Waals surface area contributed by atoms with Gasteiger partial charge in [-0.05, 0) is 47.3 Å². The van der Waals surface area contributed by atoms with Crippen molar-refractivity contribution in [1.82, 2.24) is 4.57 Å². The summed E-state index contributed by atoms with van der Waals surface area (Å²) in [5.41, 5.74) is -0.212. The normalized spacial score (nSPS) is 12.5. The number of esters is 1. The quantitative estimate of drug-likeness (QED) is 0.785. The van der Waals surface area contributed by atoms with Crippen LogP contribution in [-0.2, 0) is 9.53 Å². The summed E-state index contributed by atoms with van der Waals surface area (Å²) in [6.45, 7) is 6.09. The molecule has 0 aliphatic rings. The highest BCUT2D eigenvalue weighted by Crippen LogP contribution is 2.18. The Morgan fingerprint density at radius 3 is 2.72 bits per heavy atom. The van der Waals surface area contributed by atoms with Gasteiger partial charge in [-0.1, -0.05) is 13.8 Å². The van der Waals surface area contributed by atoms with Gasteiger partial charge in [0.2, 0.25) is 0 Å². The molecule has 1 atom stereocenters. The molecule has 0 spiro atoms.